The van der Waals surface area contributed by atoms with Gasteiger partial charge in [-0.25, -0.2) is 0 Å². The number of thiophene rings is 2. The third-order valence-electron chi connectivity index (χ3n) is 12.7. The normalized spacial score (nSPS) is 11.7. The van der Waals surface area contributed by atoms with Gasteiger partial charge in [0.05, 0.1) is 11.0 Å². The van der Waals surface area contributed by atoms with Crippen LogP contribution in [0.3, 0.4) is 0 Å². The molecule has 65 heavy (non-hydrogen) atoms. The number of benzene rings is 10. The van der Waals surface area contributed by atoms with Crippen molar-refractivity contribution in [2.75, 3.05) is 9.80 Å². The number of anilines is 6. The molecule has 13 rings (SSSR count). The molecule has 306 valence electrons. The van der Waals surface area contributed by atoms with Gasteiger partial charge in [-0.3, -0.25) is 0 Å². The average molecular weight is 866 g/mol. The van der Waals surface area contributed by atoms with E-state index in [1.165, 1.54) is 62.2 Å². The van der Waals surface area contributed by atoms with E-state index in [9.17, 15) is 0 Å². The second-order valence-corrected chi connectivity index (χ2v) is 18.7. The van der Waals surface area contributed by atoms with Crippen LogP contribution in [0, 0.1) is 0 Å². The number of hydrogen-bond acceptors (Lipinski definition) is 4. The number of aromatic nitrogens is 1. The molecule has 3 heterocycles. The summed E-state index contributed by atoms with van der Waals surface area (Å²) >= 11 is 3.71. The molecule has 0 aliphatic carbocycles. The maximum atomic E-state index is 2.43. The maximum Gasteiger partial charge on any atom is 0.0547 e. The van der Waals surface area contributed by atoms with Gasteiger partial charge in [0, 0.05) is 90.9 Å². The lowest BCUT2D eigenvalue weighted by molar-refractivity contribution is 1.18. The first-order chi connectivity index (χ1) is 32.2. The highest BCUT2D eigenvalue weighted by Crippen LogP contribution is 2.47. The first-order valence-corrected chi connectivity index (χ1v) is 23.6. The van der Waals surface area contributed by atoms with Crippen molar-refractivity contribution in [1.82, 2.24) is 4.57 Å². The summed E-state index contributed by atoms with van der Waals surface area (Å²) in [5, 5.41) is 7.64. The fourth-order valence-corrected chi connectivity index (χ4v) is 12.1. The topological polar surface area (TPSA) is 11.4 Å². The van der Waals surface area contributed by atoms with Crippen LogP contribution in [-0.2, 0) is 0 Å². The second kappa shape index (κ2) is 15.4. The summed E-state index contributed by atoms with van der Waals surface area (Å²) in [6.07, 6.45) is 0. The lowest BCUT2D eigenvalue weighted by Crippen LogP contribution is -2.13. The number of para-hydroxylation sites is 4. The first-order valence-electron chi connectivity index (χ1n) is 22.0. The van der Waals surface area contributed by atoms with Crippen molar-refractivity contribution >= 4 is 119 Å². The average Bonchev–Trinajstić information content (AvgIpc) is 4.04. The highest BCUT2D eigenvalue weighted by Gasteiger charge is 2.22. The van der Waals surface area contributed by atoms with E-state index in [0.29, 0.717) is 0 Å². The molecule has 13 aromatic rings. The van der Waals surface area contributed by atoms with Gasteiger partial charge in [0.1, 0.15) is 0 Å². The summed E-state index contributed by atoms with van der Waals surface area (Å²) in [7, 11) is 0. The van der Waals surface area contributed by atoms with Gasteiger partial charge in [-0.2, -0.15) is 0 Å². The highest BCUT2D eigenvalue weighted by molar-refractivity contribution is 7.26. The zero-order chi connectivity index (χ0) is 42.8. The summed E-state index contributed by atoms with van der Waals surface area (Å²) in [4.78, 5) is 4.85. The van der Waals surface area contributed by atoms with E-state index in [1.807, 2.05) is 22.7 Å². The smallest absolute Gasteiger partial charge is 0.0547 e. The third kappa shape index (κ3) is 6.39. The highest BCUT2D eigenvalue weighted by atomic mass is 32.1. The number of fused-ring (bicyclic) bond motifs is 9. The van der Waals surface area contributed by atoms with Gasteiger partial charge in [0.25, 0.3) is 0 Å². The minimum Gasteiger partial charge on any atom is -0.310 e. The maximum absolute atomic E-state index is 2.43. The number of hydrogen-bond donors (Lipinski definition) is 0. The molecule has 0 saturated heterocycles. The molecule has 0 radical (unpaired) electrons. The Morgan fingerprint density at radius 3 is 1.28 bits per heavy atom. The van der Waals surface area contributed by atoms with Gasteiger partial charge in [-0.15, -0.1) is 22.7 Å². The Labute approximate surface area is 384 Å². The molecule has 0 bridgehead atoms. The Hall–Kier alpha value is -7.96. The van der Waals surface area contributed by atoms with Crippen LogP contribution < -0.4 is 9.80 Å². The van der Waals surface area contributed by atoms with Crippen molar-refractivity contribution in [3.8, 4) is 16.8 Å². The van der Waals surface area contributed by atoms with Crippen LogP contribution in [0.1, 0.15) is 0 Å². The minimum atomic E-state index is 1.07. The van der Waals surface area contributed by atoms with E-state index in [1.54, 1.807) is 0 Å². The quantitative estimate of drug-likeness (QED) is 0.151. The van der Waals surface area contributed by atoms with E-state index in [0.717, 1.165) is 50.9 Å². The van der Waals surface area contributed by atoms with E-state index in [4.69, 9.17) is 0 Å². The predicted octanol–water partition coefficient (Wildman–Crippen LogP) is 18.1. The van der Waals surface area contributed by atoms with Crippen LogP contribution in [0.25, 0.3) is 79.0 Å². The molecule has 0 spiro atoms. The van der Waals surface area contributed by atoms with Gasteiger partial charge in [0.2, 0.25) is 0 Å². The van der Waals surface area contributed by atoms with Crippen molar-refractivity contribution in [2.24, 2.45) is 0 Å². The fourth-order valence-electron chi connectivity index (χ4n) is 9.78. The lowest BCUT2D eigenvalue weighted by atomic mass is 10.00. The van der Waals surface area contributed by atoms with Gasteiger partial charge in [-0.05, 0) is 114 Å². The van der Waals surface area contributed by atoms with Crippen molar-refractivity contribution in [2.45, 2.75) is 0 Å². The van der Waals surface area contributed by atoms with Crippen LogP contribution in [0.4, 0.5) is 34.1 Å². The molecule has 0 unspecified atom stereocenters. The zero-order valence-electron chi connectivity index (χ0n) is 35.2. The van der Waals surface area contributed by atoms with Gasteiger partial charge in [-0.1, -0.05) is 133 Å². The molecule has 0 aliphatic heterocycles. The molecule has 0 aliphatic rings. The molecular formula is C60H39N3S2. The number of nitrogens with zero attached hydrogens (tertiary/aromatic N) is 3. The van der Waals surface area contributed by atoms with Crippen LogP contribution >= 0.6 is 22.7 Å². The largest absolute Gasteiger partial charge is 0.310 e. The molecule has 5 heteroatoms. The SMILES string of the molecule is c1ccc(N(c2cc(-c3ccc4c5ccccc5n(-c5ccccc5)c4c3)cc(N(c3ccccc3)c3ccc4c(c3)sc3ccccc34)c2)c2ccc3c(c2)sc2ccccc23)cc1. The Kier molecular flexibility index (Phi) is 8.90. The molecule has 0 amide bonds. The van der Waals surface area contributed by atoms with Crippen molar-refractivity contribution < 1.29 is 0 Å². The van der Waals surface area contributed by atoms with E-state index < -0.39 is 0 Å². The standard InChI is InChI=1S/C60H39N3S2/c1-4-16-42(17-5-1)61(45-29-32-53-51-23-11-14-26-57(51)64-59(53)38-45)47-34-41(40-28-31-50-49-22-10-13-25-55(49)63(56(50)36-40)44-20-8-3-9-21-44)35-48(37-47)62(43-18-6-2-7-19-43)46-30-33-54-52-24-12-15-27-58(52)65-60(54)39-46/h1-39H. The van der Waals surface area contributed by atoms with Crippen LogP contribution in [-0.4, -0.2) is 4.57 Å². The summed E-state index contributed by atoms with van der Waals surface area (Å²) in [6.45, 7) is 0. The lowest BCUT2D eigenvalue weighted by Gasteiger charge is -2.30. The van der Waals surface area contributed by atoms with E-state index >= 15 is 0 Å². The molecule has 0 N–H and O–H groups in total. The monoisotopic (exact) mass is 865 g/mol. The minimum absolute atomic E-state index is 1.07. The summed E-state index contributed by atoms with van der Waals surface area (Å²) < 4.78 is 7.54. The van der Waals surface area contributed by atoms with Gasteiger partial charge < -0.3 is 14.4 Å². The Morgan fingerprint density at radius 2 is 0.708 bits per heavy atom. The molecule has 0 saturated carbocycles. The molecule has 0 atom stereocenters. The van der Waals surface area contributed by atoms with Gasteiger partial charge in [0.15, 0.2) is 0 Å². The predicted molar refractivity (Wildman–Crippen MR) is 281 cm³/mol. The van der Waals surface area contributed by atoms with Crippen molar-refractivity contribution in [1.29, 1.82) is 0 Å². The first kappa shape index (κ1) is 37.6. The molecule has 0 fully saturated rings. The van der Waals surface area contributed by atoms with Gasteiger partial charge >= 0.3 is 0 Å². The summed E-state index contributed by atoms with van der Waals surface area (Å²) in [5.74, 6) is 0. The molecule has 3 nitrogen and oxygen atoms in total. The van der Waals surface area contributed by atoms with Crippen molar-refractivity contribution in [3.05, 3.63) is 237 Å². The Balaban J connectivity index is 1.08. The number of rotatable bonds is 8. The fraction of sp³-hybridized carbons (Fsp3) is 0. The molecular weight excluding hydrogens is 827 g/mol. The summed E-state index contributed by atoms with van der Waals surface area (Å²) in [5.41, 5.74) is 12.3. The van der Waals surface area contributed by atoms with Crippen molar-refractivity contribution in [3.63, 3.8) is 0 Å². The van der Waals surface area contributed by atoms with Crippen LogP contribution in [0.5, 0.6) is 0 Å². The van der Waals surface area contributed by atoms with Crippen LogP contribution in [0.15, 0.2) is 237 Å². The van der Waals surface area contributed by atoms with E-state index in [2.05, 4.69) is 251 Å². The zero-order valence-corrected chi connectivity index (χ0v) is 36.8. The third-order valence-corrected chi connectivity index (χ3v) is 15.0. The van der Waals surface area contributed by atoms with E-state index in [-0.39, 0.29) is 0 Å². The Morgan fingerprint density at radius 1 is 0.262 bits per heavy atom. The van der Waals surface area contributed by atoms with Crippen LogP contribution in [0.2, 0.25) is 0 Å². The second-order valence-electron chi connectivity index (χ2n) is 16.6. The molecule has 10 aromatic carbocycles. The molecule has 3 aromatic heterocycles. The Bertz CT molecular complexity index is 3730. The summed E-state index contributed by atoms with van der Waals surface area (Å²) in [6, 6.07) is 86.6.